The molecule has 0 saturated carbocycles. The Balaban J connectivity index is 1.57. The van der Waals surface area contributed by atoms with Gasteiger partial charge in [0, 0.05) is 37.5 Å². The van der Waals surface area contributed by atoms with Crippen LogP contribution in [0.3, 0.4) is 0 Å². The van der Waals surface area contributed by atoms with E-state index in [-0.39, 0.29) is 28.7 Å². The molecule has 3 aromatic heterocycles. The average Bonchev–Trinajstić information content (AvgIpc) is 3.11. The van der Waals surface area contributed by atoms with Gasteiger partial charge in [0.15, 0.2) is 11.4 Å². The quantitative estimate of drug-likeness (QED) is 0.769. The summed E-state index contributed by atoms with van der Waals surface area (Å²) < 4.78 is 6.91. The summed E-state index contributed by atoms with van der Waals surface area (Å²) in [6, 6.07) is 7.06. The van der Waals surface area contributed by atoms with Crippen LogP contribution in [0.5, 0.6) is 5.75 Å². The summed E-state index contributed by atoms with van der Waals surface area (Å²) in [5.74, 6) is 0.965. The van der Waals surface area contributed by atoms with Gasteiger partial charge in [0.05, 0.1) is 7.11 Å². The number of aromatic amines is 1. The number of hydrogen-bond donors (Lipinski definition) is 1. The highest BCUT2D eigenvalue weighted by Crippen LogP contribution is 2.26. The van der Waals surface area contributed by atoms with Crippen molar-refractivity contribution in [1.82, 2.24) is 24.5 Å². The summed E-state index contributed by atoms with van der Waals surface area (Å²) in [5, 5.41) is 8.52. The molecule has 8 heteroatoms. The number of ether oxygens (including phenoxy) is 1. The molecule has 1 amide bonds. The van der Waals surface area contributed by atoms with Gasteiger partial charge in [0.2, 0.25) is 5.43 Å². The first-order chi connectivity index (χ1) is 12.7. The molecule has 134 valence electrons. The van der Waals surface area contributed by atoms with Gasteiger partial charge in [-0.2, -0.15) is 0 Å². The smallest absolute Gasteiger partial charge is 0.270 e. The minimum Gasteiger partial charge on any atom is -0.491 e. The number of H-pyrrole nitrogens is 1. The van der Waals surface area contributed by atoms with E-state index in [1.807, 2.05) is 28.8 Å². The van der Waals surface area contributed by atoms with Gasteiger partial charge in [0.1, 0.15) is 11.5 Å². The number of aromatic nitrogens is 4. The lowest BCUT2D eigenvalue weighted by atomic mass is 9.97. The molecule has 1 saturated heterocycles. The standard InChI is InChI=1S/C18H19N5O3/c1-26-15-10-19-13(9-14(15)24)18(25)22-7-4-5-12(11-22)17-21-20-16-6-2-3-8-23(16)17/h2-3,6,8-10,12H,4-5,7,11H2,1H3,(H,19,24). The molecule has 0 aliphatic carbocycles. The van der Waals surface area contributed by atoms with Gasteiger partial charge < -0.3 is 14.6 Å². The number of nitrogens with zero attached hydrogens (tertiary/aromatic N) is 4. The number of methoxy groups -OCH3 is 1. The predicted octanol–water partition coefficient (Wildman–Crippen LogP) is 1.45. The van der Waals surface area contributed by atoms with Crippen LogP contribution in [0.1, 0.15) is 35.1 Å². The summed E-state index contributed by atoms with van der Waals surface area (Å²) in [5.41, 5.74) is 0.750. The second-order valence-corrected chi connectivity index (χ2v) is 6.36. The van der Waals surface area contributed by atoms with E-state index in [1.165, 1.54) is 19.4 Å². The largest absolute Gasteiger partial charge is 0.491 e. The van der Waals surface area contributed by atoms with Crippen molar-refractivity contribution in [3.05, 3.63) is 58.4 Å². The summed E-state index contributed by atoms with van der Waals surface area (Å²) in [6.07, 6.45) is 5.17. The second-order valence-electron chi connectivity index (χ2n) is 6.36. The lowest BCUT2D eigenvalue weighted by Crippen LogP contribution is -2.40. The van der Waals surface area contributed by atoms with E-state index in [4.69, 9.17) is 4.74 Å². The van der Waals surface area contributed by atoms with Crippen LogP contribution in [0.2, 0.25) is 0 Å². The Labute approximate surface area is 149 Å². The Morgan fingerprint density at radius 2 is 2.23 bits per heavy atom. The molecule has 4 rings (SSSR count). The summed E-state index contributed by atoms with van der Waals surface area (Å²) >= 11 is 0. The number of amides is 1. The number of nitrogens with one attached hydrogen (secondary N) is 1. The molecular formula is C18H19N5O3. The number of piperidine rings is 1. The van der Waals surface area contributed by atoms with Crippen molar-refractivity contribution in [1.29, 1.82) is 0 Å². The van der Waals surface area contributed by atoms with Crippen molar-refractivity contribution in [2.75, 3.05) is 20.2 Å². The lowest BCUT2D eigenvalue weighted by Gasteiger charge is -2.31. The zero-order chi connectivity index (χ0) is 18.1. The Bertz CT molecular complexity index is 1010. The van der Waals surface area contributed by atoms with Gasteiger partial charge in [0.25, 0.3) is 5.91 Å². The maximum atomic E-state index is 12.8. The minimum absolute atomic E-state index is 0.107. The molecule has 3 aromatic rings. The van der Waals surface area contributed by atoms with E-state index in [2.05, 4.69) is 15.2 Å². The van der Waals surface area contributed by atoms with Gasteiger partial charge in [-0.1, -0.05) is 6.07 Å². The molecule has 1 aliphatic heterocycles. The van der Waals surface area contributed by atoms with Crippen LogP contribution in [-0.2, 0) is 0 Å². The average molecular weight is 353 g/mol. The molecular weight excluding hydrogens is 334 g/mol. The molecule has 26 heavy (non-hydrogen) atoms. The van der Waals surface area contributed by atoms with Crippen molar-refractivity contribution >= 4 is 11.6 Å². The van der Waals surface area contributed by atoms with Crippen LogP contribution in [0.4, 0.5) is 0 Å². The topological polar surface area (TPSA) is 92.6 Å². The van der Waals surface area contributed by atoms with Gasteiger partial charge in [-0.15, -0.1) is 10.2 Å². The van der Waals surface area contributed by atoms with Gasteiger partial charge in [-0.3, -0.25) is 14.0 Å². The SMILES string of the molecule is COc1c[nH]c(C(=O)N2CCCC(c3nnc4ccccn34)C2)cc1=O. The van der Waals surface area contributed by atoms with Gasteiger partial charge >= 0.3 is 0 Å². The van der Waals surface area contributed by atoms with E-state index in [0.29, 0.717) is 13.1 Å². The fourth-order valence-electron chi connectivity index (χ4n) is 3.42. The molecule has 1 aliphatic rings. The van der Waals surface area contributed by atoms with Crippen LogP contribution in [0.15, 0.2) is 41.5 Å². The van der Waals surface area contributed by atoms with Crippen molar-refractivity contribution in [3.63, 3.8) is 0 Å². The van der Waals surface area contributed by atoms with Crippen LogP contribution < -0.4 is 10.2 Å². The number of carbonyl (C=O) groups excluding carboxylic acids is 1. The molecule has 0 spiro atoms. The van der Waals surface area contributed by atoms with E-state index in [1.54, 1.807) is 4.90 Å². The summed E-state index contributed by atoms with van der Waals surface area (Å²) in [6.45, 7) is 1.20. The third-order valence-electron chi connectivity index (χ3n) is 4.74. The molecule has 1 unspecified atom stereocenters. The Morgan fingerprint density at radius 1 is 1.35 bits per heavy atom. The first-order valence-corrected chi connectivity index (χ1v) is 8.53. The molecule has 0 radical (unpaired) electrons. The minimum atomic E-state index is -0.313. The third kappa shape index (κ3) is 2.83. The van der Waals surface area contributed by atoms with Crippen molar-refractivity contribution in [2.24, 2.45) is 0 Å². The van der Waals surface area contributed by atoms with Gasteiger partial charge in [-0.25, -0.2) is 0 Å². The van der Waals surface area contributed by atoms with Crippen molar-refractivity contribution < 1.29 is 9.53 Å². The van der Waals surface area contributed by atoms with Crippen LogP contribution in [-0.4, -0.2) is 50.6 Å². The lowest BCUT2D eigenvalue weighted by molar-refractivity contribution is 0.0698. The fourth-order valence-corrected chi connectivity index (χ4v) is 3.42. The predicted molar refractivity (Wildman–Crippen MR) is 94.5 cm³/mol. The maximum absolute atomic E-state index is 12.8. The molecule has 1 N–H and O–H groups in total. The van der Waals surface area contributed by atoms with Gasteiger partial charge in [-0.05, 0) is 25.0 Å². The number of pyridine rings is 2. The Morgan fingerprint density at radius 3 is 3.04 bits per heavy atom. The van der Waals surface area contributed by atoms with Crippen molar-refractivity contribution in [2.45, 2.75) is 18.8 Å². The molecule has 8 nitrogen and oxygen atoms in total. The summed E-state index contributed by atoms with van der Waals surface area (Å²) in [4.78, 5) is 29.3. The van der Waals surface area contributed by atoms with Crippen LogP contribution in [0.25, 0.3) is 5.65 Å². The molecule has 0 bridgehead atoms. The Kier molecular flexibility index (Phi) is 4.16. The first-order valence-electron chi connectivity index (χ1n) is 8.53. The molecule has 1 fully saturated rings. The maximum Gasteiger partial charge on any atom is 0.270 e. The zero-order valence-electron chi connectivity index (χ0n) is 14.4. The number of likely N-dealkylation sites (tertiary alicyclic amines) is 1. The highest BCUT2D eigenvalue weighted by Gasteiger charge is 2.29. The van der Waals surface area contributed by atoms with E-state index < -0.39 is 0 Å². The molecule has 4 heterocycles. The van der Waals surface area contributed by atoms with Crippen LogP contribution >= 0.6 is 0 Å². The normalized spacial score (nSPS) is 17.4. The first kappa shape index (κ1) is 16.3. The number of fused-ring (bicyclic) bond motifs is 1. The summed E-state index contributed by atoms with van der Waals surface area (Å²) in [7, 11) is 1.42. The highest BCUT2D eigenvalue weighted by atomic mass is 16.5. The second kappa shape index (κ2) is 6.62. The zero-order valence-corrected chi connectivity index (χ0v) is 14.4. The van der Waals surface area contributed by atoms with Crippen molar-refractivity contribution in [3.8, 4) is 5.75 Å². The Hall–Kier alpha value is -3.16. The third-order valence-corrected chi connectivity index (χ3v) is 4.74. The molecule has 0 aromatic carbocycles. The molecule has 1 atom stereocenters. The van der Waals surface area contributed by atoms with E-state index >= 15 is 0 Å². The number of rotatable bonds is 3. The number of hydrogen-bond acceptors (Lipinski definition) is 5. The van der Waals surface area contributed by atoms with Crippen LogP contribution in [0, 0.1) is 0 Å². The van der Waals surface area contributed by atoms with E-state index in [0.717, 1.165) is 24.3 Å². The highest BCUT2D eigenvalue weighted by molar-refractivity contribution is 5.92. The fraction of sp³-hybridized carbons (Fsp3) is 0.333. The monoisotopic (exact) mass is 353 g/mol. The number of carbonyl (C=O) groups is 1. The van der Waals surface area contributed by atoms with E-state index in [9.17, 15) is 9.59 Å².